The van der Waals surface area contributed by atoms with Gasteiger partial charge in [-0.2, -0.15) is 4.37 Å². The van der Waals surface area contributed by atoms with Gasteiger partial charge in [0.05, 0.1) is 0 Å². The fourth-order valence-electron chi connectivity index (χ4n) is 3.19. The number of aryl methyl sites for hydroxylation is 2. The third-order valence-corrected chi connectivity index (χ3v) is 5.52. The van der Waals surface area contributed by atoms with Crippen LogP contribution in [0.3, 0.4) is 0 Å². The first-order chi connectivity index (χ1) is 14.1. The molecule has 4 aromatic rings. The van der Waals surface area contributed by atoms with E-state index in [1.807, 2.05) is 43.3 Å². The Kier molecular flexibility index (Phi) is 5.18. The second-order valence-corrected chi connectivity index (χ2v) is 7.33. The molecule has 0 radical (unpaired) electrons. The molecule has 0 fully saturated rings. The SMILES string of the molecule is CCc1ccccc1NC(=O)Cn1c(C)nc2c(-c3ccncc3)nsc2c1=O. The number of nitrogens with one attached hydrogen (secondary N) is 1. The largest absolute Gasteiger partial charge is 0.324 e. The molecule has 7 nitrogen and oxygen atoms in total. The van der Waals surface area contributed by atoms with Crippen LogP contribution in [-0.2, 0) is 17.8 Å². The summed E-state index contributed by atoms with van der Waals surface area (Å²) in [6, 6.07) is 11.3. The lowest BCUT2D eigenvalue weighted by molar-refractivity contribution is -0.116. The van der Waals surface area contributed by atoms with Gasteiger partial charge in [0.2, 0.25) is 5.91 Å². The molecule has 8 heteroatoms. The van der Waals surface area contributed by atoms with Gasteiger partial charge in [-0.25, -0.2) is 4.98 Å². The van der Waals surface area contributed by atoms with Crippen molar-refractivity contribution < 1.29 is 4.79 Å². The molecule has 146 valence electrons. The molecule has 0 spiro atoms. The van der Waals surface area contributed by atoms with E-state index >= 15 is 0 Å². The first-order valence-corrected chi connectivity index (χ1v) is 10.0. The second kappa shape index (κ2) is 7.92. The van der Waals surface area contributed by atoms with Crippen LogP contribution in [0.1, 0.15) is 18.3 Å². The zero-order valence-corrected chi connectivity index (χ0v) is 16.9. The summed E-state index contributed by atoms with van der Waals surface area (Å²) < 4.78 is 6.24. The number of fused-ring (bicyclic) bond motifs is 1. The van der Waals surface area contributed by atoms with Crippen molar-refractivity contribution in [3.05, 3.63) is 70.5 Å². The van der Waals surface area contributed by atoms with Crippen LogP contribution in [0.25, 0.3) is 21.5 Å². The van der Waals surface area contributed by atoms with E-state index in [9.17, 15) is 9.59 Å². The standard InChI is InChI=1S/C21H19N5O2S/c1-3-14-6-4-5-7-16(14)24-17(27)12-26-13(2)23-19-18(15-8-10-22-11-9-15)25-29-20(19)21(26)28/h4-11H,3,12H2,1-2H3,(H,24,27). The lowest BCUT2D eigenvalue weighted by Crippen LogP contribution is -2.30. The number of rotatable bonds is 5. The number of anilines is 1. The Morgan fingerprint density at radius 1 is 1.17 bits per heavy atom. The van der Waals surface area contributed by atoms with Gasteiger partial charge in [-0.1, -0.05) is 25.1 Å². The van der Waals surface area contributed by atoms with Gasteiger partial charge >= 0.3 is 0 Å². The van der Waals surface area contributed by atoms with Gasteiger partial charge in [-0.05, 0) is 48.6 Å². The highest BCUT2D eigenvalue weighted by Gasteiger charge is 2.18. The summed E-state index contributed by atoms with van der Waals surface area (Å²) in [7, 11) is 0. The van der Waals surface area contributed by atoms with E-state index in [0.717, 1.165) is 34.8 Å². The number of aromatic nitrogens is 4. The number of hydrogen-bond donors (Lipinski definition) is 1. The molecule has 29 heavy (non-hydrogen) atoms. The lowest BCUT2D eigenvalue weighted by Gasteiger charge is -2.12. The van der Waals surface area contributed by atoms with E-state index in [2.05, 4.69) is 19.7 Å². The third kappa shape index (κ3) is 3.66. The van der Waals surface area contributed by atoms with Crippen LogP contribution in [0, 0.1) is 6.92 Å². The minimum absolute atomic E-state index is 0.103. The van der Waals surface area contributed by atoms with Gasteiger partial charge in [0.15, 0.2) is 0 Å². The number of carbonyl (C=O) groups excluding carboxylic acids is 1. The highest BCUT2D eigenvalue weighted by Crippen LogP contribution is 2.27. The summed E-state index contributed by atoms with van der Waals surface area (Å²) in [4.78, 5) is 34.2. The summed E-state index contributed by atoms with van der Waals surface area (Å²) >= 11 is 1.10. The summed E-state index contributed by atoms with van der Waals surface area (Å²) in [5, 5.41) is 2.90. The Bertz CT molecular complexity index is 1250. The Morgan fingerprint density at radius 3 is 2.69 bits per heavy atom. The zero-order valence-electron chi connectivity index (χ0n) is 16.0. The van der Waals surface area contributed by atoms with Crippen LogP contribution in [0.5, 0.6) is 0 Å². The fraction of sp³-hybridized carbons (Fsp3) is 0.190. The highest BCUT2D eigenvalue weighted by atomic mass is 32.1. The minimum Gasteiger partial charge on any atom is -0.324 e. The van der Waals surface area contributed by atoms with E-state index in [1.54, 1.807) is 19.3 Å². The second-order valence-electron chi connectivity index (χ2n) is 6.55. The van der Waals surface area contributed by atoms with Gasteiger partial charge in [0, 0.05) is 23.6 Å². The monoisotopic (exact) mass is 405 g/mol. The molecule has 4 rings (SSSR count). The van der Waals surface area contributed by atoms with Gasteiger partial charge < -0.3 is 5.32 Å². The molecule has 0 saturated carbocycles. The first kappa shape index (κ1) is 18.9. The van der Waals surface area contributed by atoms with Crippen molar-refractivity contribution >= 4 is 33.3 Å². The molecule has 0 unspecified atom stereocenters. The predicted octanol–water partition coefficient (Wildman–Crippen LogP) is 3.42. The van der Waals surface area contributed by atoms with Crippen LogP contribution in [0.15, 0.2) is 53.6 Å². The molecule has 1 aromatic carbocycles. The van der Waals surface area contributed by atoms with Crippen molar-refractivity contribution in [3.63, 3.8) is 0 Å². The third-order valence-electron chi connectivity index (χ3n) is 4.70. The van der Waals surface area contributed by atoms with Crippen LogP contribution >= 0.6 is 11.5 Å². The molecule has 0 aliphatic heterocycles. The number of para-hydroxylation sites is 1. The predicted molar refractivity (Wildman–Crippen MR) is 114 cm³/mol. The Balaban J connectivity index is 1.66. The molecular formula is C21H19N5O2S. The van der Waals surface area contributed by atoms with Crippen molar-refractivity contribution in [2.24, 2.45) is 0 Å². The molecule has 0 aliphatic carbocycles. The van der Waals surface area contributed by atoms with E-state index in [4.69, 9.17) is 0 Å². The van der Waals surface area contributed by atoms with Crippen molar-refractivity contribution in [2.45, 2.75) is 26.8 Å². The molecule has 0 atom stereocenters. The van der Waals surface area contributed by atoms with Gasteiger partial charge in [-0.15, -0.1) is 0 Å². The fourth-order valence-corrected chi connectivity index (χ4v) is 3.98. The molecule has 1 amide bonds. The van der Waals surface area contributed by atoms with E-state index in [1.165, 1.54) is 4.57 Å². The average molecular weight is 405 g/mol. The van der Waals surface area contributed by atoms with E-state index in [0.29, 0.717) is 21.7 Å². The van der Waals surface area contributed by atoms with Gasteiger partial charge in [-0.3, -0.25) is 19.1 Å². The molecule has 0 saturated heterocycles. The Labute approximate surface area is 171 Å². The maximum absolute atomic E-state index is 13.0. The molecule has 3 aromatic heterocycles. The van der Waals surface area contributed by atoms with Gasteiger partial charge in [0.1, 0.15) is 28.3 Å². The van der Waals surface area contributed by atoms with Crippen molar-refractivity contribution in [2.75, 3.05) is 5.32 Å². The number of pyridine rings is 1. The number of nitrogens with zero attached hydrogens (tertiary/aromatic N) is 4. The van der Waals surface area contributed by atoms with Crippen molar-refractivity contribution in [3.8, 4) is 11.3 Å². The van der Waals surface area contributed by atoms with Gasteiger partial charge in [0.25, 0.3) is 5.56 Å². The van der Waals surface area contributed by atoms with Crippen molar-refractivity contribution in [1.29, 1.82) is 0 Å². The number of amides is 1. The van der Waals surface area contributed by atoms with E-state index < -0.39 is 0 Å². The maximum Gasteiger partial charge on any atom is 0.273 e. The lowest BCUT2D eigenvalue weighted by atomic mass is 10.1. The number of hydrogen-bond acceptors (Lipinski definition) is 6. The Hall–Kier alpha value is -3.39. The maximum atomic E-state index is 13.0. The topological polar surface area (TPSA) is 89.8 Å². The molecule has 0 aliphatic rings. The molecule has 3 heterocycles. The van der Waals surface area contributed by atoms with E-state index in [-0.39, 0.29) is 18.0 Å². The molecule has 1 N–H and O–H groups in total. The summed E-state index contributed by atoms with van der Waals surface area (Å²) in [5.41, 5.74) is 3.60. The van der Waals surface area contributed by atoms with Crippen LogP contribution in [0.4, 0.5) is 5.69 Å². The first-order valence-electron chi connectivity index (χ1n) is 9.23. The summed E-state index contributed by atoms with van der Waals surface area (Å²) in [5.74, 6) is 0.202. The molecule has 0 bridgehead atoms. The van der Waals surface area contributed by atoms with Crippen LogP contribution in [0.2, 0.25) is 0 Å². The number of benzene rings is 1. The summed E-state index contributed by atoms with van der Waals surface area (Å²) in [6.07, 6.45) is 4.15. The average Bonchev–Trinajstić information content (AvgIpc) is 3.16. The number of carbonyl (C=O) groups is 1. The van der Waals surface area contributed by atoms with Crippen LogP contribution in [-0.4, -0.2) is 24.8 Å². The quantitative estimate of drug-likeness (QED) is 0.549. The molecular weight excluding hydrogens is 386 g/mol. The minimum atomic E-state index is -0.267. The highest BCUT2D eigenvalue weighted by molar-refractivity contribution is 7.13. The summed E-state index contributed by atoms with van der Waals surface area (Å²) in [6.45, 7) is 3.65. The smallest absolute Gasteiger partial charge is 0.273 e. The van der Waals surface area contributed by atoms with Crippen LogP contribution < -0.4 is 10.9 Å². The Morgan fingerprint density at radius 2 is 1.93 bits per heavy atom. The normalized spacial score (nSPS) is 11.0. The van der Waals surface area contributed by atoms with Crippen molar-refractivity contribution in [1.82, 2.24) is 18.9 Å². The zero-order chi connectivity index (χ0) is 20.4.